The third-order valence-electron chi connectivity index (χ3n) is 11.3. The van der Waals surface area contributed by atoms with E-state index >= 15 is 0 Å². The van der Waals surface area contributed by atoms with Crippen molar-refractivity contribution in [2.75, 3.05) is 34.3 Å². The van der Waals surface area contributed by atoms with Crippen molar-refractivity contribution in [3.63, 3.8) is 0 Å². The number of hydrogen-bond acceptors (Lipinski definition) is 13. The molecule has 56 heavy (non-hydrogen) atoms. The molecule has 0 spiro atoms. The largest absolute Gasteiger partial charge is 0.462 e. The van der Waals surface area contributed by atoms with Gasteiger partial charge in [-0.25, -0.2) is 4.68 Å². The number of allylic oxidation sites excluding steroid dienone is 3. The Morgan fingerprint density at radius 3 is 2.39 bits per heavy atom. The van der Waals surface area contributed by atoms with Crippen molar-refractivity contribution in [1.29, 1.82) is 0 Å². The van der Waals surface area contributed by atoms with Gasteiger partial charge in [-0.05, 0) is 78.4 Å². The van der Waals surface area contributed by atoms with Crippen LogP contribution in [-0.2, 0) is 36.9 Å². The lowest BCUT2D eigenvalue weighted by Crippen LogP contribution is -2.63. The maximum absolute atomic E-state index is 13.7. The molecule has 3 unspecified atom stereocenters. The summed E-state index contributed by atoms with van der Waals surface area (Å²) in [6.07, 6.45) is 1.24. The highest BCUT2D eigenvalue weighted by Gasteiger charge is 2.47. The lowest BCUT2D eigenvalue weighted by molar-refractivity contribution is -0.304. The Bertz CT molecular complexity index is 1580. The summed E-state index contributed by atoms with van der Waals surface area (Å²) in [7, 11) is 5.50. The Balaban J connectivity index is 1.65. The van der Waals surface area contributed by atoms with Crippen molar-refractivity contribution >= 4 is 11.8 Å². The molecule has 12 atom stereocenters. The Labute approximate surface area is 332 Å². The zero-order chi connectivity index (χ0) is 41.1. The number of aromatic nitrogens is 3. The maximum atomic E-state index is 13.7. The van der Waals surface area contributed by atoms with E-state index in [1.807, 2.05) is 64.3 Å². The number of ether oxygens (including phenoxy) is 3. The number of esters is 1. The van der Waals surface area contributed by atoms with Crippen LogP contribution in [0.15, 0.2) is 60.3 Å². The molecule has 0 amide bonds. The maximum Gasteiger partial charge on any atom is 0.308 e. The summed E-state index contributed by atoms with van der Waals surface area (Å²) in [4.78, 5) is 30.9. The van der Waals surface area contributed by atoms with Crippen LogP contribution in [0, 0.1) is 23.7 Å². The number of aliphatic hydroxyl groups excluding tert-OH is 4. The Morgan fingerprint density at radius 1 is 1.02 bits per heavy atom. The minimum atomic E-state index is -1.25. The van der Waals surface area contributed by atoms with Gasteiger partial charge < -0.3 is 44.4 Å². The molecule has 4 N–H and O–H groups in total. The first kappa shape index (κ1) is 45.4. The van der Waals surface area contributed by atoms with Gasteiger partial charge in [0, 0.05) is 24.3 Å². The summed E-state index contributed by atoms with van der Waals surface area (Å²) in [5, 5.41) is 53.0. The second-order valence-corrected chi connectivity index (χ2v) is 16.1. The normalized spacial score (nSPS) is 34.3. The van der Waals surface area contributed by atoms with Crippen LogP contribution >= 0.6 is 0 Å². The van der Waals surface area contributed by atoms with Gasteiger partial charge >= 0.3 is 5.97 Å². The average molecular weight is 784 g/mol. The van der Waals surface area contributed by atoms with Crippen molar-refractivity contribution in [1.82, 2.24) is 24.8 Å². The van der Waals surface area contributed by atoms with Gasteiger partial charge in [0.2, 0.25) is 0 Å². The first-order valence-corrected chi connectivity index (χ1v) is 19.9. The van der Waals surface area contributed by atoms with E-state index in [1.54, 1.807) is 55.8 Å². The third kappa shape index (κ3) is 12.6. The molecule has 312 valence electrons. The first-order chi connectivity index (χ1) is 26.6. The summed E-state index contributed by atoms with van der Waals surface area (Å²) in [6, 6.07) is 9.33. The fraction of sp³-hybridized carbons (Fsp3) is 0.667. The van der Waals surface area contributed by atoms with Crippen LogP contribution in [0.25, 0.3) is 0 Å². The van der Waals surface area contributed by atoms with Crippen LogP contribution in [0.3, 0.4) is 0 Å². The average Bonchev–Trinajstić information content (AvgIpc) is 3.60. The number of cyclic esters (lactones) is 1. The summed E-state index contributed by atoms with van der Waals surface area (Å²) in [6.45, 7) is 10.5. The number of carbonyl (C=O) groups is 2. The molecule has 14 nitrogen and oxygen atoms in total. The number of rotatable bonds is 12. The Kier molecular flexibility index (Phi) is 17.4. The summed E-state index contributed by atoms with van der Waals surface area (Å²) >= 11 is 0. The third-order valence-corrected chi connectivity index (χ3v) is 11.3. The number of ketones is 1. The van der Waals surface area contributed by atoms with E-state index in [1.165, 1.54) is 0 Å². The molecule has 1 fully saturated rings. The van der Waals surface area contributed by atoms with E-state index in [-0.39, 0.29) is 24.7 Å². The summed E-state index contributed by atoms with van der Waals surface area (Å²) in [5.74, 6) is -2.70. The van der Waals surface area contributed by atoms with Gasteiger partial charge in [0.25, 0.3) is 0 Å². The van der Waals surface area contributed by atoms with Gasteiger partial charge in [0.15, 0.2) is 12.1 Å². The summed E-state index contributed by atoms with van der Waals surface area (Å²) < 4.78 is 20.4. The second-order valence-electron chi connectivity index (χ2n) is 16.1. The minimum Gasteiger partial charge on any atom is -0.462 e. The monoisotopic (exact) mass is 783 g/mol. The van der Waals surface area contributed by atoms with Gasteiger partial charge in [0.05, 0.1) is 61.9 Å². The van der Waals surface area contributed by atoms with Crippen molar-refractivity contribution in [2.45, 2.75) is 122 Å². The molecule has 2 aliphatic rings. The highest BCUT2D eigenvalue weighted by molar-refractivity contribution is 5.91. The standard InChI is InChI=1S/C42H65N5O9/c1-9-36-32(25-48)19-26(2)15-16-34(49)27(3)20-31(17-18-46(8)23-33-24-47(44-43-33)22-30-13-11-10-12-14-30)41(28(4)35(50)21-37(51)55-36)56-42-40(53)38(45(6)7)39(52)29(5)54-42/h10-16,19,24,27-29,31-32,35-36,38-42,48,50,52-53H,9,17-18,20-23,25H2,1-8H3/b16-15+,26-19+/t27-,28+,29-,31+,32-,35-,36-,38?,39?,40?,41-,42+/m1/s1. The predicted molar refractivity (Wildman–Crippen MR) is 211 cm³/mol. The molecule has 2 aliphatic heterocycles. The van der Waals surface area contributed by atoms with Crippen LogP contribution in [0.2, 0.25) is 0 Å². The number of nitrogens with zero attached hydrogens (tertiary/aromatic N) is 5. The highest BCUT2D eigenvalue weighted by Crippen LogP contribution is 2.35. The quantitative estimate of drug-likeness (QED) is 0.231. The van der Waals surface area contributed by atoms with Crippen molar-refractivity contribution in [3.05, 3.63) is 71.6 Å². The number of benzene rings is 1. The molecule has 1 aromatic heterocycles. The molecule has 0 bridgehead atoms. The van der Waals surface area contributed by atoms with E-state index in [4.69, 9.17) is 14.2 Å². The van der Waals surface area contributed by atoms with Gasteiger partial charge in [-0.2, -0.15) is 0 Å². The zero-order valence-electron chi connectivity index (χ0n) is 34.3. The highest BCUT2D eigenvalue weighted by atomic mass is 16.7. The fourth-order valence-corrected chi connectivity index (χ4v) is 7.86. The van der Waals surface area contributed by atoms with Crippen LogP contribution in [0.1, 0.15) is 71.6 Å². The van der Waals surface area contributed by atoms with Gasteiger partial charge in [0.1, 0.15) is 12.2 Å². The molecule has 14 heteroatoms. The van der Waals surface area contributed by atoms with E-state index in [0.29, 0.717) is 38.9 Å². The zero-order valence-corrected chi connectivity index (χ0v) is 34.3. The number of likely N-dealkylation sites (N-methyl/N-ethyl adjacent to an activating group) is 1. The number of aliphatic hydroxyl groups is 4. The molecule has 0 radical (unpaired) electrons. The van der Waals surface area contributed by atoms with Crippen LogP contribution in [-0.4, -0.2) is 140 Å². The van der Waals surface area contributed by atoms with E-state index in [2.05, 4.69) is 15.2 Å². The van der Waals surface area contributed by atoms with Gasteiger partial charge in [-0.3, -0.25) is 9.59 Å². The SMILES string of the molecule is CC[C@H]1OC(=O)C[C@@H](O)[C@H](C)[C@@H](O[C@@H]2O[C@H](C)C(O)C(N(C)C)C2O)[C@@H](CCN(C)Cc2cn(Cc3ccccc3)nn2)C[C@@H](C)C(=O)/C=C/C(C)=C/[C@@H]1CO. The van der Waals surface area contributed by atoms with Crippen molar-refractivity contribution < 1.29 is 44.2 Å². The molecule has 1 saturated heterocycles. The van der Waals surface area contributed by atoms with Crippen LogP contribution < -0.4 is 0 Å². The Hall–Kier alpha value is -3.34. The van der Waals surface area contributed by atoms with E-state index in [9.17, 15) is 30.0 Å². The first-order valence-electron chi connectivity index (χ1n) is 19.9. The molecule has 2 aromatic rings. The van der Waals surface area contributed by atoms with E-state index < -0.39 is 72.7 Å². The lowest BCUT2D eigenvalue weighted by atomic mass is 9.79. The minimum absolute atomic E-state index is 0.0948. The predicted octanol–water partition coefficient (Wildman–Crippen LogP) is 2.98. The number of carbonyl (C=O) groups excluding carboxylic acids is 2. The number of hydrogen-bond donors (Lipinski definition) is 4. The van der Waals surface area contributed by atoms with Crippen molar-refractivity contribution in [3.8, 4) is 0 Å². The van der Waals surface area contributed by atoms with Crippen LogP contribution in [0.5, 0.6) is 0 Å². The van der Waals surface area contributed by atoms with Gasteiger partial charge in [-0.15, -0.1) is 5.10 Å². The van der Waals surface area contributed by atoms with E-state index in [0.717, 1.165) is 16.8 Å². The van der Waals surface area contributed by atoms with Gasteiger partial charge in [-0.1, -0.05) is 74.0 Å². The topological polar surface area (TPSA) is 180 Å². The Morgan fingerprint density at radius 2 is 1.73 bits per heavy atom. The second kappa shape index (κ2) is 21.4. The lowest BCUT2D eigenvalue weighted by Gasteiger charge is -2.46. The summed E-state index contributed by atoms with van der Waals surface area (Å²) in [5.41, 5.74) is 2.66. The molecule has 1 aromatic carbocycles. The fourth-order valence-electron chi connectivity index (χ4n) is 7.86. The molecule has 3 heterocycles. The van der Waals surface area contributed by atoms with Crippen LogP contribution in [0.4, 0.5) is 0 Å². The smallest absolute Gasteiger partial charge is 0.308 e. The van der Waals surface area contributed by atoms with Crippen molar-refractivity contribution in [2.24, 2.45) is 23.7 Å². The molecular weight excluding hydrogens is 718 g/mol. The molecule has 0 saturated carbocycles. The molecule has 4 rings (SSSR count). The molecular formula is C42H65N5O9. The molecule has 0 aliphatic carbocycles.